The van der Waals surface area contributed by atoms with E-state index in [1.807, 2.05) is 30.3 Å². The number of aromatic nitrogens is 3. The van der Waals surface area contributed by atoms with Crippen LogP contribution in [0.25, 0.3) is 10.9 Å². The number of nitrogens with one attached hydrogen (secondary N) is 1. The predicted octanol–water partition coefficient (Wildman–Crippen LogP) is 1.72. The standard InChI is InChI=1S/C22H24N4O4/c1-2-30-22(29)17(14-16-8-4-3-5-9-16)15-23-20(27)12-13-26-21(28)18-10-6-7-11-19(18)24-25-26/h3-11,17H,2,12-15H2,1H3,(H,23,27). The fraction of sp³-hybridized carbons (Fsp3) is 0.318. The van der Waals surface area contributed by atoms with Gasteiger partial charge in [0.05, 0.1) is 24.5 Å². The Morgan fingerprint density at radius 2 is 1.83 bits per heavy atom. The van der Waals surface area contributed by atoms with Crippen LogP contribution in [0.15, 0.2) is 59.4 Å². The monoisotopic (exact) mass is 408 g/mol. The molecule has 0 fully saturated rings. The van der Waals surface area contributed by atoms with Crippen molar-refractivity contribution in [2.45, 2.75) is 26.3 Å². The van der Waals surface area contributed by atoms with Crippen molar-refractivity contribution in [2.24, 2.45) is 5.92 Å². The molecule has 1 heterocycles. The highest BCUT2D eigenvalue weighted by Crippen LogP contribution is 2.10. The van der Waals surface area contributed by atoms with E-state index < -0.39 is 5.92 Å². The number of hydrogen-bond acceptors (Lipinski definition) is 6. The van der Waals surface area contributed by atoms with Crippen molar-refractivity contribution >= 4 is 22.8 Å². The van der Waals surface area contributed by atoms with E-state index in [1.54, 1.807) is 31.2 Å². The zero-order chi connectivity index (χ0) is 21.3. The van der Waals surface area contributed by atoms with Gasteiger partial charge < -0.3 is 10.1 Å². The summed E-state index contributed by atoms with van der Waals surface area (Å²) in [4.78, 5) is 37.0. The minimum Gasteiger partial charge on any atom is -0.466 e. The summed E-state index contributed by atoms with van der Waals surface area (Å²) in [5, 5.41) is 11.1. The van der Waals surface area contributed by atoms with Gasteiger partial charge in [-0.3, -0.25) is 14.4 Å². The number of benzene rings is 2. The lowest BCUT2D eigenvalue weighted by molar-refractivity contribution is -0.147. The number of fused-ring (bicyclic) bond motifs is 1. The lowest BCUT2D eigenvalue weighted by Gasteiger charge is -2.16. The number of aryl methyl sites for hydroxylation is 1. The number of ether oxygens (including phenoxy) is 1. The first kappa shape index (κ1) is 21.2. The van der Waals surface area contributed by atoms with E-state index in [4.69, 9.17) is 4.74 Å². The van der Waals surface area contributed by atoms with Gasteiger partial charge in [0.1, 0.15) is 5.52 Å². The average Bonchev–Trinajstić information content (AvgIpc) is 2.77. The normalized spacial score (nSPS) is 11.8. The molecule has 0 spiro atoms. The maximum absolute atomic E-state index is 12.4. The van der Waals surface area contributed by atoms with E-state index in [0.717, 1.165) is 5.56 Å². The minimum absolute atomic E-state index is 0.0494. The highest BCUT2D eigenvalue weighted by molar-refractivity contribution is 5.78. The van der Waals surface area contributed by atoms with Crippen LogP contribution in [0.5, 0.6) is 0 Å². The number of carbonyl (C=O) groups is 2. The van der Waals surface area contributed by atoms with E-state index in [9.17, 15) is 14.4 Å². The molecule has 0 aliphatic rings. The first-order chi connectivity index (χ1) is 14.6. The smallest absolute Gasteiger partial charge is 0.311 e. The average molecular weight is 408 g/mol. The number of carbonyl (C=O) groups excluding carboxylic acids is 2. The zero-order valence-electron chi connectivity index (χ0n) is 16.8. The van der Waals surface area contributed by atoms with Crippen molar-refractivity contribution in [1.29, 1.82) is 0 Å². The molecule has 1 aromatic heterocycles. The molecule has 1 unspecified atom stereocenters. The highest BCUT2D eigenvalue weighted by atomic mass is 16.5. The molecule has 0 radical (unpaired) electrons. The van der Waals surface area contributed by atoms with Crippen molar-refractivity contribution in [1.82, 2.24) is 20.3 Å². The molecule has 1 atom stereocenters. The Hall–Kier alpha value is -3.55. The summed E-state index contributed by atoms with van der Waals surface area (Å²) in [5.74, 6) is -1.11. The first-order valence-corrected chi connectivity index (χ1v) is 9.88. The van der Waals surface area contributed by atoms with Gasteiger partial charge in [0.2, 0.25) is 5.91 Å². The highest BCUT2D eigenvalue weighted by Gasteiger charge is 2.21. The van der Waals surface area contributed by atoms with Crippen molar-refractivity contribution in [2.75, 3.05) is 13.2 Å². The zero-order valence-corrected chi connectivity index (χ0v) is 16.8. The maximum Gasteiger partial charge on any atom is 0.311 e. The largest absolute Gasteiger partial charge is 0.466 e. The van der Waals surface area contributed by atoms with E-state index in [-0.39, 0.29) is 43.6 Å². The van der Waals surface area contributed by atoms with Gasteiger partial charge in [-0.05, 0) is 31.0 Å². The third-order valence-corrected chi connectivity index (χ3v) is 4.67. The van der Waals surface area contributed by atoms with Crippen LogP contribution in [0.2, 0.25) is 0 Å². The van der Waals surface area contributed by atoms with Crippen molar-refractivity contribution in [3.05, 3.63) is 70.5 Å². The molecule has 3 aromatic rings. The number of esters is 1. The number of rotatable bonds is 9. The van der Waals surface area contributed by atoms with Crippen LogP contribution in [0.1, 0.15) is 18.9 Å². The summed E-state index contributed by atoms with van der Waals surface area (Å²) in [6.07, 6.45) is 0.517. The van der Waals surface area contributed by atoms with Gasteiger partial charge in [0, 0.05) is 13.0 Å². The van der Waals surface area contributed by atoms with E-state index in [1.165, 1.54) is 4.68 Å². The van der Waals surface area contributed by atoms with Crippen LogP contribution in [0.4, 0.5) is 0 Å². The summed E-state index contributed by atoms with van der Waals surface area (Å²) >= 11 is 0. The van der Waals surface area contributed by atoms with E-state index in [0.29, 0.717) is 17.3 Å². The summed E-state index contributed by atoms with van der Waals surface area (Å²) in [6.45, 7) is 2.29. The Morgan fingerprint density at radius 3 is 2.60 bits per heavy atom. The first-order valence-electron chi connectivity index (χ1n) is 9.88. The van der Waals surface area contributed by atoms with E-state index in [2.05, 4.69) is 15.6 Å². The summed E-state index contributed by atoms with van der Waals surface area (Å²) in [5.41, 5.74) is 1.21. The van der Waals surface area contributed by atoms with Gasteiger partial charge in [-0.25, -0.2) is 4.68 Å². The molecule has 156 valence electrons. The second-order valence-electron chi connectivity index (χ2n) is 6.83. The number of amides is 1. The van der Waals surface area contributed by atoms with Crippen molar-refractivity contribution in [3.8, 4) is 0 Å². The molecule has 8 nitrogen and oxygen atoms in total. The molecule has 30 heavy (non-hydrogen) atoms. The molecule has 8 heteroatoms. The SMILES string of the molecule is CCOC(=O)C(CNC(=O)CCn1nnc2ccccc2c1=O)Cc1ccccc1. The van der Waals surface area contributed by atoms with Crippen LogP contribution in [-0.2, 0) is 27.3 Å². The molecule has 0 saturated heterocycles. The molecular weight excluding hydrogens is 384 g/mol. The summed E-state index contributed by atoms with van der Waals surface area (Å²) < 4.78 is 6.32. The van der Waals surface area contributed by atoms with Gasteiger partial charge in [-0.15, -0.1) is 5.10 Å². The molecule has 1 N–H and O–H groups in total. The topological polar surface area (TPSA) is 103 Å². The molecule has 3 rings (SSSR count). The fourth-order valence-electron chi connectivity index (χ4n) is 3.10. The molecule has 0 aliphatic carbocycles. The Labute approximate surface area is 173 Å². The fourth-order valence-corrected chi connectivity index (χ4v) is 3.10. The Morgan fingerprint density at radius 1 is 1.10 bits per heavy atom. The van der Waals surface area contributed by atoms with Gasteiger partial charge in [0.25, 0.3) is 5.56 Å². The third kappa shape index (κ3) is 5.50. The van der Waals surface area contributed by atoms with Crippen LogP contribution in [0.3, 0.4) is 0 Å². The van der Waals surface area contributed by atoms with Crippen LogP contribution >= 0.6 is 0 Å². The Bertz CT molecular complexity index is 1070. The predicted molar refractivity (Wildman–Crippen MR) is 112 cm³/mol. The van der Waals surface area contributed by atoms with Crippen LogP contribution in [-0.4, -0.2) is 40.0 Å². The molecule has 2 aromatic carbocycles. The quantitative estimate of drug-likeness (QED) is 0.541. The van der Waals surface area contributed by atoms with Crippen molar-refractivity contribution in [3.63, 3.8) is 0 Å². The Balaban J connectivity index is 1.58. The second-order valence-corrected chi connectivity index (χ2v) is 6.83. The van der Waals surface area contributed by atoms with Gasteiger partial charge >= 0.3 is 5.97 Å². The summed E-state index contributed by atoms with van der Waals surface area (Å²) in [7, 11) is 0. The van der Waals surface area contributed by atoms with Crippen molar-refractivity contribution < 1.29 is 14.3 Å². The lowest BCUT2D eigenvalue weighted by Crippen LogP contribution is -2.36. The van der Waals surface area contributed by atoms with Gasteiger partial charge in [-0.1, -0.05) is 47.7 Å². The second kappa shape index (κ2) is 10.3. The molecule has 0 aliphatic heterocycles. The lowest BCUT2D eigenvalue weighted by atomic mass is 9.99. The maximum atomic E-state index is 12.4. The minimum atomic E-state index is -0.487. The van der Waals surface area contributed by atoms with Gasteiger partial charge in [0.15, 0.2) is 0 Å². The number of nitrogens with zero attached hydrogens (tertiary/aromatic N) is 3. The summed E-state index contributed by atoms with van der Waals surface area (Å²) in [6, 6.07) is 16.5. The third-order valence-electron chi connectivity index (χ3n) is 4.67. The molecule has 0 bridgehead atoms. The van der Waals surface area contributed by atoms with E-state index >= 15 is 0 Å². The molecular formula is C22H24N4O4. The molecule has 0 saturated carbocycles. The van der Waals surface area contributed by atoms with Crippen LogP contribution < -0.4 is 10.9 Å². The van der Waals surface area contributed by atoms with Gasteiger partial charge in [-0.2, -0.15) is 0 Å². The number of hydrogen-bond donors (Lipinski definition) is 1. The van der Waals surface area contributed by atoms with Crippen LogP contribution in [0, 0.1) is 5.92 Å². The Kier molecular flexibility index (Phi) is 7.26. The molecule has 1 amide bonds.